The van der Waals surface area contributed by atoms with E-state index in [0.29, 0.717) is 44.3 Å². The zero-order valence-electron chi connectivity index (χ0n) is 16.5. The second kappa shape index (κ2) is 8.84. The first-order valence-corrected chi connectivity index (χ1v) is 10.2. The van der Waals surface area contributed by atoms with Crippen molar-refractivity contribution in [2.45, 2.75) is 50.2 Å². The summed E-state index contributed by atoms with van der Waals surface area (Å²) in [4.78, 5) is 27.5. The number of aliphatic hydroxyl groups is 1. The molecule has 2 aliphatic rings. The van der Waals surface area contributed by atoms with Crippen molar-refractivity contribution in [2.24, 2.45) is 0 Å². The topological polar surface area (TPSA) is 100 Å². The number of rotatable bonds is 5. The Morgan fingerprint density at radius 3 is 2.79 bits per heavy atom. The highest BCUT2D eigenvalue weighted by Crippen LogP contribution is 2.32. The molecule has 1 aliphatic heterocycles. The fourth-order valence-corrected chi connectivity index (χ4v) is 4.01. The molecule has 29 heavy (non-hydrogen) atoms. The molecular weight excluding hydrogens is 370 g/mol. The van der Waals surface area contributed by atoms with Gasteiger partial charge in [-0.3, -0.25) is 4.79 Å². The van der Waals surface area contributed by atoms with Crippen molar-refractivity contribution in [1.29, 1.82) is 0 Å². The van der Waals surface area contributed by atoms with Crippen LogP contribution in [0.3, 0.4) is 0 Å². The van der Waals surface area contributed by atoms with Gasteiger partial charge in [0.15, 0.2) is 0 Å². The van der Waals surface area contributed by atoms with Crippen molar-refractivity contribution in [1.82, 2.24) is 19.9 Å². The van der Waals surface area contributed by atoms with E-state index in [1.807, 2.05) is 18.2 Å². The quantitative estimate of drug-likeness (QED) is 0.800. The highest BCUT2D eigenvalue weighted by molar-refractivity contribution is 5.77. The van der Waals surface area contributed by atoms with Crippen molar-refractivity contribution in [3.63, 3.8) is 0 Å². The van der Waals surface area contributed by atoms with E-state index in [1.165, 1.54) is 0 Å². The monoisotopic (exact) mass is 397 g/mol. The van der Waals surface area contributed by atoms with Gasteiger partial charge in [0.1, 0.15) is 11.9 Å². The average molecular weight is 397 g/mol. The zero-order valence-corrected chi connectivity index (χ0v) is 16.5. The summed E-state index contributed by atoms with van der Waals surface area (Å²) >= 11 is 0. The van der Waals surface area contributed by atoms with Gasteiger partial charge >= 0.3 is 0 Å². The number of hydrogen-bond acceptors (Lipinski definition) is 7. The summed E-state index contributed by atoms with van der Waals surface area (Å²) in [7, 11) is 0. The average Bonchev–Trinajstić information content (AvgIpc) is 2.75. The molecule has 2 fully saturated rings. The van der Waals surface area contributed by atoms with Gasteiger partial charge in [-0.05, 0) is 31.0 Å². The van der Waals surface area contributed by atoms with E-state index in [-0.39, 0.29) is 18.4 Å². The predicted molar refractivity (Wildman–Crippen MR) is 107 cm³/mol. The van der Waals surface area contributed by atoms with Gasteiger partial charge in [-0.2, -0.15) is 0 Å². The van der Waals surface area contributed by atoms with E-state index >= 15 is 0 Å². The van der Waals surface area contributed by atoms with E-state index < -0.39 is 5.60 Å². The van der Waals surface area contributed by atoms with Crippen LogP contribution in [0.4, 0.5) is 11.8 Å². The number of nitrogens with one attached hydrogen (secondary N) is 1. The molecule has 1 atom stereocenters. The van der Waals surface area contributed by atoms with Crippen LogP contribution in [0.15, 0.2) is 36.7 Å². The highest BCUT2D eigenvalue weighted by Gasteiger charge is 2.35. The molecule has 1 aliphatic carbocycles. The molecule has 3 heterocycles. The number of carbonyl (C=O) groups is 1. The van der Waals surface area contributed by atoms with Crippen LogP contribution in [0.2, 0.25) is 0 Å². The lowest BCUT2D eigenvalue weighted by Crippen LogP contribution is -2.46. The summed E-state index contributed by atoms with van der Waals surface area (Å²) < 4.78 is 5.89. The first-order chi connectivity index (χ1) is 14.1. The summed E-state index contributed by atoms with van der Waals surface area (Å²) in [5.74, 6) is 1.09. The van der Waals surface area contributed by atoms with Gasteiger partial charge in [0.05, 0.1) is 30.9 Å². The minimum atomic E-state index is -0.846. The maximum absolute atomic E-state index is 12.8. The summed E-state index contributed by atoms with van der Waals surface area (Å²) in [6.45, 7) is 1.43. The first-order valence-electron chi connectivity index (χ1n) is 10.2. The number of carbonyl (C=O) groups excluding carboxylic acids is 1. The molecule has 0 radical (unpaired) electrons. The standard InChI is InChI=1S/C21H27N5O3/c27-19(14-21(28)8-2-1-3-9-21)26-12-13-29-17(15-26)16-6-4-7-18(24-16)25-20-22-10-5-11-23-20/h4-7,10-11,17,28H,1-3,8-9,12-15H2,(H,22,23,24,25). The number of anilines is 2. The first kappa shape index (κ1) is 19.7. The number of aromatic nitrogens is 3. The third-order valence-corrected chi connectivity index (χ3v) is 5.59. The number of pyridine rings is 1. The Balaban J connectivity index is 1.40. The van der Waals surface area contributed by atoms with Crippen LogP contribution in [0, 0.1) is 0 Å². The molecule has 8 nitrogen and oxygen atoms in total. The minimum absolute atomic E-state index is 0.00494. The smallest absolute Gasteiger partial charge is 0.228 e. The van der Waals surface area contributed by atoms with Gasteiger partial charge in [-0.1, -0.05) is 25.3 Å². The summed E-state index contributed by atoms with van der Waals surface area (Å²) in [5.41, 5.74) is -0.0965. The van der Waals surface area contributed by atoms with Crippen LogP contribution in [0.5, 0.6) is 0 Å². The van der Waals surface area contributed by atoms with Crippen molar-refractivity contribution >= 4 is 17.7 Å². The maximum atomic E-state index is 12.8. The molecule has 4 rings (SSSR count). The molecule has 154 valence electrons. The van der Waals surface area contributed by atoms with Crippen LogP contribution >= 0.6 is 0 Å². The van der Waals surface area contributed by atoms with E-state index in [4.69, 9.17) is 4.74 Å². The molecule has 2 aromatic rings. The summed E-state index contributed by atoms with van der Waals surface area (Å²) in [5, 5.41) is 13.8. The summed E-state index contributed by atoms with van der Waals surface area (Å²) in [6, 6.07) is 7.37. The zero-order chi connectivity index (χ0) is 20.1. The third-order valence-electron chi connectivity index (χ3n) is 5.59. The molecule has 8 heteroatoms. The highest BCUT2D eigenvalue weighted by atomic mass is 16.5. The van der Waals surface area contributed by atoms with Gasteiger partial charge in [-0.15, -0.1) is 0 Å². The molecule has 0 bridgehead atoms. The van der Waals surface area contributed by atoms with Crippen molar-refractivity contribution < 1.29 is 14.6 Å². The van der Waals surface area contributed by atoms with Crippen LogP contribution < -0.4 is 5.32 Å². The number of amides is 1. The molecule has 1 unspecified atom stereocenters. The van der Waals surface area contributed by atoms with E-state index in [1.54, 1.807) is 23.4 Å². The Kier molecular flexibility index (Phi) is 6.01. The molecule has 0 spiro atoms. The lowest BCUT2D eigenvalue weighted by atomic mass is 9.82. The Morgan fingerprint density at radius 2 is 2.00 bits per heavy atom. The van der Waals surface area contributed by atoms with Gasteiger partial charge in [0, 0.05) is 18.9 Å². The number of nitrogens with zero attached hydrogens (tertiary/aromatic N) is 4. The predicted octanol–water partition coefficient (Wildman–Crippen LogP) is 2.60. The van der Waals surface area contributed by atoms with E-state index in [2.05, 4.69) is 20.3 Å². The largest absolute Gasteiger partial charge is 0.389 e. The Morgan fingerprint density at radius 1 is 1.21 bits per heavy atom. The van der Waals surface area contributed by atoms with Crippen LogP contribution in [-0.2, 0) is 9.53 Å². The fourth-order valence-electron chi connectivity index (χ4n) is 4.01. The Hall–Kier alpha value is -2.58. The SMILES string of the molecule is O=C(CC1(O)CCCCC1)N1CCOC(c2cccc(Nc3ncccn3)n2)C1. The molecule has 2 aromatic heterocycles. The Bertz CT molecular complexity index is 826. The molecular formula is C21H27N5O3. The molecule has 0 aromatic carbocycles. The van der Waals surface area contributed by atoms with Gasteiger partial charge < -0.3 is 20.1 Å². The van der Waals surface area contributed by atoms with Crippen molar-refractivity contribution in [3.05, 3.63) is 42.4 Å². The number of morpholine rings is 1. The van der Waals surface area contributed by atoms with E-state index in [9.17, 15) is 9.90 Å². The van der Waals surface area contributed by atoms with Crippen LogP contribution in [0.25, 0.3) is 0 Å². The van der Waals surface area contributed by atoms with Gasteiger partial charge in [-0.25, -0.2) is 15.0 Å². The fraction of sp³-hybridized carbons (Fsp3) is 0.524. The molecule has 1 amide bonds. The van der Waals surface area contributed by atoms with Crippen molar-refractivity contribution in [3.8, 4) is 0 Å². The molecule has 1 saturated carbocycles. The summed E-state index contributed by atoms with van der Waals surface area (Å²) in [6.07, 6.45) is 7.76. The molecule has 2 N–H and O–H groups in total. The number of hydrogen-bond donors (Lipinski definition) is 2. The van der Waals surface area contributed by atoms with Crippen LogP contribution in [0.1, 0.15) is 50.3 Å². The second-order valence-electron chi connectivity index (χ2n) is 7.81. The van der Waals surface area contributed by atoms with Crippen LogP contribution in [-0.4, -0.2) is 56.2 Å². The minimum Gasteiger partial charge on any atom is -0.389 e. The second-order valence-corrected chi connectivity index (χ2v) is 7.81. The molecule has 1 saturated heterocycles. The van der Waals surface area contributed by atoms with Crippen molar-refractivity contribution in [2.75, 3.05) is 25.0 Å². The number of ether oxygens (including phenoxy) is 1. The van der Waals surface area contributed by atoms with E-state index in [0.717, 1.165) is 25.0 Å². The van der Waals surface area contributed by atoms with Gasteiger partial charge in [0.2, 0.25) is 11.9 Å². The third kappa shape index (κ3) is 5.07. The normalized spacial score (nSPS) is 21.6. The maximum Gasteiger partial charge on any atom is 0.228 e. The lowest BCUT2D eigenvalue weighted by molar-refractivity contribution is -0.145. The lowest BCUT2D eigenvalue weighted by Gasteiger charge is -2.37. The van der Waals surface area contributed by atoms with Gasteiger partial charge in [0.25, 0.3) is 0 Å². The Labute approximate surface area is 170 Å².